The molecule has 0 radical (unpaired) electrons. The zero-order chi connectivity index (χ0) is 31.6. The number of rotatable bonds is 20. The fourth-order valence-electron chi connectivity index (χ4n) is 5.47. The Morgan fingerprint density at radius 3 is 2.34 bits per heavy atom. The first-order valence-electron chi connectivity index (χ1n) is 15.7. The molecule has 3 N–H and O–H groups in total. The van der Waals surface area contributed by atoms with Crippen molar-refractivity contribution < 1.29 is 29.0 Å². The first-order valence-corrected chi connectivity index (χ1v) is 15.7. The van der Waals surface area contributed by atoms with Crippen molar-refractivity contribution in [3.63, 3.8) is 0 Å². The van der Waals surface area contributed by atoms with Crippen molar-refractivity contribution in [3.8, 4) is 5.75 Å². The number of carbonyl (C=O) groups is 3. The van der Waals surface area contributed by atoms with Gasteiger partial charge < -0.3 is 25.2 Å². The molecule has 1 saturated carbocycles. The smallest absolute Gasteiger partial charge is 0.305 e. The first-order chi connectivity index (χ1) is 21.4. The van der Waals surface area contributed by atoms with Crippen molar-refractivity contribution >= 4 is 17.8 Å². The van der Waals surface area contributed by atoms with E-state index in [1.54, 1.807) is 6.08 Å². The second-order valence-electron chi connectivity index (χ2n) is 11.7. The number of ether oxygens (including phenoxy) is 2. The third-order valence-corrected chi connectivity index (χ3v) is 7.99. The summed E-state index contributed by atoms with van der Waals surface area (Å²) in [5.41, 5.74) is 1.40. The van der Waals surface area contributed by atoms with Gasteiger partial charge in [0.05, 0.1) is 24.1 Å². The van der Waals surface area contributed by atoms with E-state index >= 15 is 0 Å². The van der Waals surface area contributed by atoms with Gasteiger partial charge in [-0.15, -0.1) is 13.2 Å². The summed E-state index contributed by atoms with van der Waals surface area (Å²) in [6, 6.07) is 17.0. The van der Waals surface area contributed by atoms with Crippen LogP contribution in [-0.2, 0) is 32.1 Å². The molecule has 0 aliphatic heterocycles. The average Bonchev–Trinajstić information content (AvgIpc) is 3.50. The Hall–Kier alpha value is -3.91. The maximum absolute atomic E-state index is 13.4. The van der Waals surface area contributed by atoms with Crippen LogP contribution in [0.4, 0.5) is 0 Å². The molecule has 1 aliphatic rings. The Morgan fingerprint density at radius 1 is 0.955 bits per heavy atom. The molecule has 2 aromatic rings. The second-order valence-corrected chi connectivity index (χ2v) is 11.7. The molecule has 238 valence electrons. The average molecular weight is 605 g/mol. The molecule has 3 rings (SSSR count). The van der Waals surface area contributed by atoms with Crippen LogP contribution in [-0.4, -0.2) is 47.7 Å². The highest BCUT2D eigenvalue weighted by Crippen LogP contribution is 2.31. The molecular weight excluding hydrogens is 556 g/mol. The number of hydrogen-bond acceptors (Lipinski definition) is 6. The number of aliphatic hydroxyl groups is 1. The predicted molar refractivity (Wildman–Crippen MR) is 172 cm³/mol. The summed E-state index contributed by atoms with van der Waals surface area (Å²) in [5, 5.41) is 16.0. The SMILES string of the molecule is C=CCCCCC(=O)OCC1(NC(=O)[C@H](CC=C)CC(=O)N[C@H](CO)Cc2ccc(OCc3ccccc3)cc2)CCCC1. The molecule has 2 amide bonds. The van der Waals surface area contributed by atoms with Crippen molar-refractivity contribution in [1.82, 2.24) is 10.6 Å². The van der Waals surface area contributed by atoms with Crippen LogP contribution in [0.1, 0.15) is 75.3 Å². The highest BCUT2D eigenvalue weighted by atomic mass is 16.5. The summed E-state index contributed by atoms with van der Waals surface area (Å²) in [4.78, 5) is 38.7. The molecule has 1 aliphatic carbocycles. The van der Waals surface area contributed by atoms with E-state index in [1.807, 2.05) is 60.7 Å². The van der Waals surface area contributed by atoms with Gasteiger partial charge in [-0.1, -0.05) is 67.5 Å². The van der Waals surface area contributed by atoms with Crippen LogP contribution in [0.2, 0.25) is 0 Å². The Labute approximate surface area is 261 Å². The molecule has 0 saturated heterocycles. The van der Waals surface area contributed by atoms with E-state index in [4.69, 9.17) is 9.47 Å². The van der Waals surface area contributed by atoms with E-state index in [0.29, 0.717) is 25.9 Å². The molecule has 0 unspecified atom stereocenters. The Balaban J connectivity index is 1.49. The number of carbonyl (C=O) groups excluding carboxylic acids is 3. The van der Waals surface area contributed by atoms with Crippen LogP contribution in [0.3, 0.4) is 0 Å². The van der Waals surface area contributed by atoms with Gasteiger partial charge in [0, 0.05) is 12.8 Å². The van der Waals surface area contributed by atoms with Gasteiger partial charge in [0.15, 0.2) is 0 Å². The number of esters is 1. The van der Waals surface area contributed by atoms with Crippen molar-refractivity contribution in [2.75, 3.05) is 13.2 Å². The van der Waals surface area contributed by atoms with E-state index in [-0.39, 0.29) is 37.4 Å². The van der Waals surface area contributed by atoms with E-state index in [1.165, 1.54) is 0 Å². The molecule has 8 heteroatoms. The molecule has 2 aromatic carbocycles. The summed E-state index contributed by atoms with van der Waals surface area (Å²) in [7, 11) is 0. The van der Waals surface area contributed by atoms with Gasteiger partial charge >= 0.3 is 5.97 Å². The molecule has 0 heterocycles. The lowest BCUT2D eigenvalue weighted by atomic mass is 9.94. The van der Waals surface area contributed by atoms with Crippen LogP contribution in [0, 0.1) is 5.92 Å². The van der Waals surface area contributed by atoms with Crippen LogP contribution in [0.15, 0.2) is 79.9 Å². The van der Waals surface area contributed by atoms with Crippen molar-refractivity contribution in [2.24, 2.45) is 5.92 Å². The van der Waals surface area contributed by atoms with Crippen LogP contribution < -0.4 is 15.4 Å². The monoisotopic (exact) mass is 604 g/mol. The zero-order valence-corrected chi connectivity index (χ0v) is 25.8. The molecule has 1 fully saturated rings. The Morgan fingerprint density at radius 2 is 1.68 bits per heavy atom. The number of nitrogens with one attached hydrogen (secondary N) is 2. The van der Waals surface area contributed by atoms with Crippen molar-refractivity contribution in [1.29, 1.82) is 0 Å². The summed E-state index contributed by atoms with van der Waals surface area (Å²) in [5.74, 6) is -0.726. The third kappa shape index (κ3) is 12.0. The van der Waals surface area contributed by atoms with Crippen molar-refractivity contribution in [3.05, 3.63) is 91.0 Å². The highest BCUT2D eigenvalue weighted by molar-refractivity contribution is 5.86. The first kappa shape index (κ1) is 34.6. The number of amides is 2. The molecule has 0 spiro atoms. The lowest BCUT2D eigenvalue weighted by molar-refractivity contribution is -0.147. The quantitative estimate of drug-likeness (QED) is 0.103. The second kappa shape index (κ2) is 18.7. The minimum absolute atomic E-state index is 0.0419. The zero-order valence-electron chi connectivity index (χ0n) is 25.8. The summed E-state index contributed by atoms with van der Waals surface area (Å²) >= 11 is 0. The number of allylic oxidation sites excluding steroid dienone is 2. The molecular formula is C36H48N2O6. The Bertz CT molecular complexity index is 1190. The fourth-order valence-corrected chi connectivity index (χ4v) is 5.47. The molecule has 8 nitrogen and oxygen atoms in total. The minimum atomic E-state index is -0.625. The molecule has 44 heavy (non-hydrogen) atoms. The van der Waals surface area contributed by atoms with Gasteiger partial charge in [-0.2, -0.15) is 0 Å². The van der Waals surface area contributed by atoms with Gasteiger partial charge in [-0.05, 0) is 68.2 Å². The van der Waals surface area contributed by atoms with E-state index in [9.17, 15) is 19.5 Å². The van der Waals surface area contributed by atoms with Gasteiger partial charge in [0.2, 0.25) is 11.8 Å². The standard InChI is InChI=1S/C36H48N2O6/c1-3-5-6-10-16-34(41)44-27-36(21-11-12-22-36)38-35(42)30(13-4-2)24-33(40)37-31(25-39)23-28-17-19-32(20-18-28)43-26-29-14-8-7-9-15-29/h3-4,7-9,14-15,17-20,30-31,39H,1-2,5-6,10-13,16,21-27H2,(H,37,40)(H,38,42)/t30-,31+/m1/s1. The fraction of sp³-hybridized carbons (Fsp3) is 0.472. The van der Waals surface area contributed by atoms with Crippen LogP contribution in [0.25, 0.3) is 0 Å². The van der Waals surface area contributed by atoms with Gasteiger partial charge in [0.1, 0.15) is 19.0 Å². The van der Waals surface area contributed by atoms with Crippen molar-refractivity contribution in [2.45, 2.75) is 88.8 Å². The van der Waals surface area contributed by atoms with Crippen LogP contribution in [0.5, 0.6) is 5.75 Å². The summed E-state index contributed by atoms with van der Waals surface area (Å²) in [6.07, 6.45) is 10.3. The predicted octanol–water partition coefficient (Wildman–Crippen LogP) is 5.59. The van der Waals surface area contributed by atoms with Gasteiger partial charge in [-0.25, -0.2) is 0 Å². The highest BCUT2D eigenvalue weighted by Gasteiger charge is 2.38. The normalized spacial score (nSPS) is 15.0. The lowest BCUT2D eigenvalue weighted by Crippen LogP contribution is -2.52. The summed E-state index contributed by atoms with van der Waals surface area (Å²) < 4.78 is 11.4. The van der Waals surface area contributed by atoms with E-state index in [0.717, 1.165) is 61.8 Å². The maximum atomic E-state index is 13.4. The van der Waals surface area contributed by atoms with E-state index < -0.39 is 17.5 Å². The Kier molecular flexibility index (Phi) is 14.7. The topological polar surface area (TPSA) is 114 Å². The number of aliphatic hydroxyl groups excluding tert-OH is 1. The maximum Gasteiger partial charge on any atom is 0.305 e. The molecule has 0 aromatic heterocycles. The largest absolute Gasteiger partial charge is 0.489 e. The van der Waals surface area contributed by atoms with E-state index in [2.05, 4.69) is 23.8 Å². The lowest BCUT2D eigenvalue weighted by Gasteiger charge is -2.31. The summed E-state index contributed by atoms with van der Waals surface area (Å²) in [6.45, 7) is 7.83. The molecule has 0 bridgehead atoms. The minimum Gasteiger partial charge on any atom is -0.489 e. The van der Waals surface area contributed by atoms with Gasteiger partial charge in [0.25, 0.3) is 0 Å². The number of hydrogen-bond donors (Lipinski definition) is 3. The van der Waals surface area contributed by atoms with Gasteiger partial charge in [-0.3, -0.25) is 14.4 Å². The number of unbranched alkanes of at least 4 members (excludes halogenated alkanes) is 2. The van der Waals surface area contributed by atoms with Crippen LogP contribution >= 0.6 is 0 Å². The molecule has 2 atom stereocenters. The third-order valence-electron chi connectivity index (χ3n) is 7.99. The number of benzene rings is 2.